The molecule has 0 spiro atoms. The molecule has 166 valence electrons. The lowest BCUT2D eigenvalue weighted by Gasteiger charge is -2.34. The van der Waals surface area contributed by atoms with Gasteiger partial charge in [-0.25, -0.2) is 8.42 Å². The fraction of sp³-hybridized carbons (Fsp3) is 0.316. The summed E-state index contributed by atoms with van der Waals surface area (Å²) < 4.78 is 37.8. The number of benzene rings is 2. The summed E-state index contributed by atoms with van der Waals surface area (Å²) in [6.07, 6.45) is 0. The molecule has 1 fully saturated rings. The molecule has 0 radical (unpaired) electrons. The molecule has 1 aliphatic rings. The van der Waals surface area contributed by atoms with E-state index in [0.29, 0.717) is 5.75 Å². The third-order valence-corrected chi connectivity index (χ3v) is 7.06. The molecule has 2 aromatic carbocycles. The van der Waals surface area contributed by atoms with E-state index in [0.717, 1.165) is 6.07 Å². The Balaban J connectivity index is 1.80. The molecular weight excluding hydrogens is 450 g/mol. The zero-order valence-corrected chi connectivity index (χ0v) is 18.4. The molecule has 12 heteroatoms. The zero-order chi connectivity index (χ0) is 22.8. The SMILES string of the molecule is COc1ccc(OC)c(S(=O)(=O)N2CCN(C(=O)c3ccc(Cl)cc3[N+](=O)[O-])CC2)c1. The van der Waals surface area contributed by atoms with E-state index < -0.39 is 26.5 Å². The van der Waals surface area contributed by atoms with Crippen LogP contribution in [0.25, 0.3) is 0 Å². The molecule has 0 aliphatic carbocycles. The van der Waals surface area contributed by atoms with Gasteiger partial charge in [-0.15, -0.1) is 0 Å². The number of nitrogens with zero attached hydrogens (tertiary/aromatic N) is 3. The van der Waals surface area contributed by atoms with Crippen LogP contribution >= 0.6 is 11.6 Å². The largest absolute Gasteiger partial charge is 0.497 e. The van der Waals surface area contributed by atoms with Gasteiger partial charge in [-0.2, -0.15) is 4.31 Å². The first-order valence-electron chi connectivity index (χ1n) is 9.14. The van der Waals surface area contributed by atoms with Crippen LogP contribution in [0, 0.1) is 10.1 Å². The Bertz CT molecular complexity index is 1120. The molecule has 31 heavy (non-hydrogen) atoms. The summed E-state index contributed by atoms with van der Waals surface area (Å²) in [5, 5.41) is 11.4. The Morgan fingerprint density at radius 1 is 1.06 bits per heavy atom. The van der Waals surface area contributed by atoms with Gasteiger partial charge in [0.15, 0.2) is 0 Å². The van der Waals surface area contributed by atoms with E-state index in [1.54, 1.807) is 6.07 Å². The average molecular weight is 470 g/mol. The number of hydrogen-bond acceptors (Lipinski definition) is 7. The van der Waals surface area contributed by atoms with Crippen molar-refractivity contribution in [1.29, 1.82) is 0 Å². The van der Waals surface area contributed by atoms with Crippen LogP contribution in [-0.4, -0.2) is 68.9 Å². The molecule has 0 N–H and O–H groups in total. The van der Waals surface area contributed by atoms with Crippen molar-refractivity contribution in [2.24, 2.45) is 0 Å². The van der Waals surface area contributed by atoms with Gasteiger partial charge >= 0.3 is 0 Å². The van der Waals surface area contributed by atoms with Gasteiger partial charge in [-0.05, 0) is 24.3 Å². The first kappa shape index (κ1) is 22.8. The maximum Gasteiger partial charge on any atom is 0.283 e. The van der Waals surface area contributed by atoms with E-state index in [4.69, 9.17) is 21.1 Å². The van der Waals surface area contributed by atoms with Gasteiger partial charge in [0.05, 0.1) is 19.1 Å². The number of rotatable bonds is 6. The van der Waals surface area contributed by atoms with Gasteiger partial charge < -0.3 is 14.4 Å². The number of ether oxygens (including phenoxy) is 2. The second-order valence-electron chi connectivity index (χ2n) is 6.63. The van der Waals surface area contributed by atoms with Gasteiger partial charge in [-0.3, -0.25) is 14.9 Å². The predicted molar refractivity (Wildman–Crippen MR) is 112 cm³/mol. The van der Waals surface area contributed by atoms with Crippen LogP contribution in [0.2, 0.25) is 5.02 Å². The molecule has 3 rings (SSSR count). The molecule has 0 saturated carbocycles. The number of sulfonamides is 1. The summed E-state index contributed by atoms with van der Waals surface area (Å²) in [6.45, 7) is 0.194. The predicted octanol–water partition coefficient (Wildman–Crippen LogP) is 2.41. The third kappa shape index (κ3) is 4.58. The Kier molecular flexibility index (Phi) is 6.68. The maximum atomic E-state index is 13.1. The van der Waals surface area contributed by atoms with Crippen LogP contribution in [0.3, 0.4) is 0 Å². The molecule has 1 aliphatic heterocycles. The first-order valence-corrected chi connectivity index (χ1v) is 11.0. The van der Waals surface area contributed by atoms with E-state index in [9.17, 15) is 23.3 Å². The van der Waals surface area contributed by atoms with Crippen molar-refractivity contribution in [2.75, 3.05) is 40.4 Å². The van der Waals surface area contributed by atoms with Crippen molar-refractivity contribution in [3.8, 4) is 11.5 Å². The van der Waals surface area contributed by atoms with E-state index in [1.165, 1.54) is 47.7 Å². The second kappa shape index (κ2) is 9.08. The molecule has 1 amide bonds. The standard InChI is InChI=1S/C19H20ClN3O7S/c1-29-14-4-6-17(30-2)18(12-14)31(27,28)22-9-7-21(8-10-22)19(24)15-5-3-13(20)11-16(15)23(25)26/h3-6,11-12H,7-10H2,1-2H3. The highest BCUT2D eigenvalue weighted by Crippen LogP contribution is 2.31. The van der Waals surface area contributed by atoms with Crippen molar-refractivity contribution < 1.29 is 27.6 Å². The average Bonchev–Trinajstić information content (AvgIpc) is 2.78. The summed E-state index contributed by atoms with van der Waals surface area (Å²) in [5.74, 6) is -0.0151. The van der Waals surface area contributed by atoms with Crippen LogP contribution in [0.1, 0.15) is 10.4 Å². The lowest BCUT2D eigenvalue weighted by Crippen LogP contribution is -2.50. The number of halogens is 1. The highest BCUT2D eigenvalue weighted by atomic mass is 35.5. The summed E-state index contributed by atoms with van der Waals surface area (Å²) in [6, 6.07) is 8.29. The van der Waals surface area contributed by atoms with Gasteiger partial charge in [0.2, 0.25) is 10.0 Å². The van der Waals surface area contributed by atoms with Gasteiger partial charge in [0, 0.05) is 43.3 Å². The number of piperazine rings is 1. The number of amides is 1. The molecule has 1 heterocycles. The van der Waals surface area contributed by atoms with Crippen molar-refractivity contribution in [3.63, 3.8) is 0 Å². The van der Waals surface area contributed by atoms with Crippen LogP contribution in [0.15, 0.2) is 41.3 Å². The van der Waals surface area contributed by atoms with Crippen LogP contribution in [-0.2, 0) is 10.0 Å². The number of carbonyl (C=O) groups excluding carboxylic acids is 1. The number of hydrogen-bond donors (Lipinski definition) is 0. The van der Waals surface area contributed by atoms with Gasteiger partial charge in [0.1, 0.15) is 22.0 Å². The maximum absolute atomic E-state index is 13.1. The summed E-state index contributed by atoms with van der Waals surface area (Å²) >= 11 is 5.80. The molecule has 10 nitrogen and oxygen atoms in total. The normalized spacial score (nSPS) is 14.9. The van der Waals surface area contributed by atoms with Crippen LogP contribution < -0.4 is 9.47 Å². The fourth-order valence-corrected chi connectivity index (χ4v) is 5.02. The quantitative estimate of drug-likeness (QED) is 0.470. The molecule has 0 bridgehead atoms. The number of nitro benzene ring substituents is 1. The topological polar surface area (TPSA) is 119 Å². The number of nitro groups is 1. The minimum atomic E-state index is -3.91. The van der Waals surface area contributed by atoms with Crippen molar-refractivity contribution in [1.82, 2.24) is 9.21 Å². The van der Waals surface area contributed by atoms with E-state index in [1.807, 2.05) is 0 Å². The lowest BCUT2D eigenvalue weighted by atomic mass is 10.1. The second-order valence-corrected chi connectivity index (χ2v) is 8.97. The molecule has 0 atom stereocenters. The summed E-state index contributed by atoms with van der Waals surface area (Å²) in [5.41, 5.74) is -0.492. The van der Waals surface area contributed by atoms with E-state index in [-0.39, 0.29) is 47.4 Å². The molecule has 0 unspecified atom stereocenters. The van der Waals surface area contributed by atoms with Crippen molar-refractivity contribution >= 4 is 33.2 Å². The minimum Gasteiger partial charge on any atom is -0.497 e. The van der Waals surface area contributed by atoms with Crippen molar-refractivity contribution in [3.05, 3.63) is 57.1 Å². The lowest BCUT2D eigenvalue weighted by molar-refractivity contribution is -0.385. The molecular formula is C19H20ClN3O7S. The van der Waals surface area contributed by atoms with Gasteiger partial charge in [0.25, 0.3) is 11.6 Å². The zero-order valence-electron chi connectivity index (χ0n) is 16.8. The first-order chi connectivity index (χ1) is 14.7. The molecule has 1 saturated heterocycles. The van der Waals surface area contributed by atoms with Crippen molar-refractivity contribution in [2.45, 2.75) is 4.90 Å². The Morgan fingerprint density at radius 3 is 2.32 bits per heavy atom. The Morgan fingerprint density at radius 2 is 1.74 bits per heavy atom. The Hall–Kier alpha value is -2.89. The number of methoxy groups -OCH3 is 2. The minimum absolute atomic E-state index is 0.0236. The molecule has 2 aromatic rings. The van der Waals surface area contributed by atoms with E-state index >= 15 is 0 Å². The van der Waals surface area contributed by atoms with E-state index in [2.05, 4.69) is 0 Å². The summed E-state index contributed by atoms with van der Waals surface area (Å²) in [7, 11) is -1.11. The monoisotopic (exact) mass is 469 g/mol. The molecule has 0 aromatic heterocycles. The number of carbonyl (C=O) groups is 1. The van der Waals surface area contributed by atoms with Gasteiger partial charge in [-0.1, -0.05) is 11.6 Å². The van der Waals surface area contributed by atoms with Crippen LogP contribution in [0.5, 0.6) is 11.5 Å². The Labute approximate surface area is 184 Å². The summed E-state index contributed by atoms with van der Waals surface area (Å²) in [4.78, 5) is 24.8. The fourth-order valence-electron chi connectivity index (χ4n) is 3.26. The third-order valence-electron chi connectivity index (χ3n) is 4.90. The highest BCUT2D eigenvalue weighted by molar-refractivity contribution is 7.89. The highest BCUT2D eigenvalue weighted by Gasteiger charge is 2.34. The van der Waals surface area contributed by atoms with Crippen LogP contribution in [0.4, 0.5) is 5.69 Å². The smallest absolute Gasteiger partial charge is 0.283 e.